The van der Waals surface area contributed by atoms with Crippen molar-refractivity contribution in [1.82, 2.24) is 5.43 Å². The Hall–Kier alpha value is -4.93. The lowest BCUT2D eigenvalue weighted by molar-refractivity contribution is -0.384. The third-order valence-corrected chi connectivity index (χ3v) is 4.91. The molecule has 3 rings (SSSR count). The molecule has 0 saturated heterocycles. The van der Waals surface area contributed by atoms with Gasteiger partial charge in [0.15, 0.2) is 17.6 Å². The normalized spacial score (nSPS) is 11.4. The number of nitrogens with zero attached hydrogens (tertiary/aromatic N) is 2. The molecule has 0 aliphatic rings. The number of nitro benzene ring substituents is 1. The monoisotopic (exact) mass is 507 g/mol. The molecule has 3 aromatic carbocycles. The Labute approximate surface area is 212 Å². The number of benzene rings is 3. The van der Waals surface area contributed by atoms with E-state index in [2.05, 4.69) is 10.5 Å². The van der Waals surface area contributed by atoms with Crippen LogP contribution in [0, 0.1) is 10.1 Å². The summed E-state index contributed by atoms with van der Waals surface area (Å²) in [5.41, 5.74) is 3.20. The summed E-state index contributed by atoms with van der Waals surface area (Å²) in [6.45, 7) is 3.91. The van der Waals surface area contributed by atoms with Crippen molar-refractivity contribution in [2.24, 2.45) is 5.10 Å². The van der Waals surface area contributed by atoms with Crippen molar-refractivity contribution in [3.63, 3.8) is 0 Å². The topological polar surface area (TPSA) is 139 Å². The number of methoxy groups -OCH3 is 1. The molecular formula is C26H25N3O8. The summed E-state index contributed by atoms with van der Waals surface area (Å²) >= 11 is 0. The van der Waals surface area contributed by atoms with Crippen LogP contribution in [0.1, 0.15) is 29.8 Å². The molecule has 0 aromatic heterocycles. The van der Waals surface area contributed by atoms with Crippen molar-refractivity contribution < 1.29 is 33.5 Å². The number of hydrogen-bond donors (Lipinski definition) is 1. The molecule has 1 N–H and O–H groups in total. The summed E-state index contributed by atoms with van der Waals surface area (Å²) < 4.78 is 21.6. The van der Waals surface area contributed by atoms with Gasteiger partial charge < -0.3 is 18.9 Å². The van der Waals surface area contributed by atoms with Crippen LogP contribution in [0.25, 0.3) is 0 Å². The maximum Gasteiger partial charge on any atom is 0.343 e. The van der Waals surface area contributed by atoms with Gasteiger partial charge in [-0.2, -0.15) is 5.10 Å². The average Bonchev–Trinajstić information content (AvgIpc) is 2.90. The van der Waals surface area contributed by atoms with E-state index in [-0.39, 0.29) is 11.4 Å². The second-order valence-electron chi connectivity index (χ2n) is 7.50. The third kappa shape index (κ3) is 7.52. The Kier molecular flexibility index (Phi) is 9.14. The molecule has 1 unspecified atom stereocenters. The first kappa shape index (κ1) is 26.7. The Morgan fingerprint density at radius 2 is 1.70 bits per heavy atom. The van der Waals surface area contributed by atoms with Gasteiger partial charge >= 0.3 is 5.97 Å². The Morgan fingerprint density at radius 1 is 1.03 bits per heavy atom. The van der Waals surface area contributed by atoms with Gasteiger partial charge in [0.25, 0.3) is 11.6 Å². The molecule has 1 amide bonds. The van der Waals surface area contributed by atoms with Crippen LogP contribution in [0.3, 0.4) is 0 Å². The number of nitrogens with one attached hydrogen (secondary N) is 1. The van der Waals surface area contributed by atoms with Crippen LogP contribution < -0.4 is 24.4 Å². The molecule has 0 aliphatic heterocycles. The fourth-order valence-electron chi connectivity index (χ4n) is 3.03. The van der Waals surface area contributed by atoms with E-state index in [9.17, 15) is 19.7 Å². The van der Waals surface area contributed by atoms with Gasteiger partial charge in [-0.05, 0) is 74.0 Å². The molecule has 0 fully saturated rings. The van der Waals surface area contributed by atoms with Crippen LogP contribution in [-0.2, 0) is 4.79 Å². The first-order chi connectivity index (χ1) is 17.8. The number of ether oxygens (including phenoxy) is 4. The SMILES string of the molecule is CCOc1ccc(C(=O)Oc2ccc(C=NNC(=O)C(C)Oc3ccc([N+](=O)[O-])cc3)cc2OC)cc1. The van der Waals surface area contributed by atoms with Gasteiger partial charge in [0.2, 0.25) is 0 Å². The first-order valence-corrected chi connectivity index (χ1v) is 11.2. The molecule has 0 radical (unpaired) electrons. The molecule has 11 heteroatoms. The van der Waals surface area contributed by atoms with E-state index in [0.717, 1.165) is 0 Å². The maximum absolute atomic E-state index is 12.5. The predicted octanol–water partition coefficient (Wildman–Crippen LogP) is 4.14. The summed E-state index contributed by atoms with van der Waals surface area (Å²) in [5, 5.41) is 14.6. The largest absolute Gasteiger partial charge is 0.494 e. The van der Waals surface area contributed by atoms with E-state index in [1.165, 1.54) is 44.5 Å². The highest BCUT2D eigenvalue weighted by Gasteiger charge is 2.16. The van der Waals surface area contributed by atoms with Crippen molar-refractivity contribution in [1.29, 1.82) is 0 Å². The lowest BCUT2D eigenvalue weighted by Crippen LogP contribution is -2.33. The van der Waals surface area contributed by atoms with Gasteiger partial charge in [-0.1, -0.05) is 0 Å². The minimum Gasteiger partial charge on any atom is -0.494 e. The van der Waals surface area contributed by atoms with Crippen LogP contribution in [0.4, 0.5) is 5.69 Å². The molecular weight excluding hydrogens is 482 g/mol. The fraction of sp³-hybridized carbons (Fsp3) is 0.192. The fourth-order valence-corrected chi connectivity index (χ4v) is 3.03. The molecule has 11 nitrogen and oxygen atoms in total. The van der Waals surface area contributed by atoms with Crippen molar-refractivity contribution in [3.8, 4) is 23.0 Å². The lowest BCUT2D eigenvalue weighted by Gasteiger charge is -2.12. The van der Waals surface area contributed by atoms with Crippen LogP contribution >= 0.6 is 0 Å². The minimum atomic E-state index is -0.905. The molecule has 3 aromatic rings. The van der Waals surface area contributed by atoms with Crippen molar-refractivity contribution in [2.45, 2.75) is 20.0 Å². The van der Waals surface area contributed by atoms with Crippen molar-refractivity contribution in [2.75, 3.05) is 13.7 Å². The smallest absolute Gasteiger partial charge is 0.343 e. The number of nitro groups is 1. The van der Waals surface area contributed by atoms with E-state index in [4.69, 9.17) is 18.9 Å². The highest BCUT2D eigenvalue weighted by Crippen LogP contribution is 2.28. The molecule has 0 aliphatic carbocycles. The van der Waals surface area contributed by atoms with E-state index in [0.29, 0.717) is 35.0 Å². The number of rotatable bonds is 11. The highest BCUT2D eigenvalue weighted by atomic mass is 16.6. The van der Waals surface area contributed by atoms with E-state index in [1.54, 1.807) is 42.5 Å². The number of hydrazone groups is 1. The van der Waals surface area contributed by atoms with E-state index in [1.807, 2.05) is 6.92 Å². The number of carbonyl (C=O) groups is 2. The Bertz CT molecular complexity index is 1270. The maximum atomic E-state index is 12.5. The standard InChI is InChI=1S/C26H25N3O8/c1-4-35-21-10-6-19(7-11-21)26(31)37-23-14-5-18(15-24(23)34-3)16-27-28-25(30)17(2)36-22-12-8-20(9-13-22)29(32)33/h5-17H,4H2,1-3H3,(H,28,30). The zero-order chi connectivity index (χ0) is 26.8. The first-order valence-electron chi connectivity index (χ1n) is 11.2. The Balaban J connectivity index is 1.57. The number of esters is 1. The van der Waals surface area contributed by atoms with Crippen molar-refractivity contribution >= 4 is 23.8 Å². The van der Waals surface area contributed by atoms with Gasteiger partial charge in [0.05, 0.1) is 30.4 Å². The van der Waals surface area contributed by atoms with Gasteiger partial charge in [-0.25, -0.2) is 10.2 Å². The number of non-ortho nitro benzene ring substituents is 1. The van der Waals surface area contributed by atoms with Gasteiger partial charge in [0, 0.05) is 12.1 Å². The quantitative estimate of drug-likeness (QED) is 0.134. The van der Waals surface area contributed by atoms with Crippen LogP contribution in [0.5, 0.6) is 23.0 Å². The number of amides is 1. The van der Waals surface area contributed by atoms with Gasteiger partial charge in [-0.15, -0.1) is 0 Å². The zero-order valence-electron chi connectivity index (χ0n) is 20.4. The van der Waals surface area contributed by atoms with Gasteiger partial charge in [0.1, 0.15) is 11.5 Å². The zero-order valence-corrected chi connectivity index (χ0v) is 20.4. The average molecular weight is 507 g/mol. The second-order valence-corrected chi connectivity index (χ2v) is 7.50. The molecule has 0 spiro atoms. The third-order valence-electron chi connectivity index (χ3n) is 4.91. The van der Waals surface area contributed by atoms with Crippen molar-refractivity contribution in [3.05, 3.63) is 88.0 Å². The van der Waals surface area contributed by atoms with Crippen LogP contribution in [-0.4, -0.2) is 42.8 Å². The molecule has 0 heterocycles. The summed E-state index contributed by atoms with van der Waals surface area (Å²) in [7, 11) is 1.43. The van der Waals surface area contributed by atoms with Crippen LogP contribution in [0.15, 0.2) is 71.8 Å². The minimum absolute atomic E-state index is 0.0820. The second kappa shape index (κ2) is 12.7. The Morgan fingerprint density at radius 3 is 2.32 bits per heavy atom. The van der Waals surface area contributed by atoms with Gasteiger partial charge in [-0.3, -0.25) is 14.9 Å². The van der Waals surface area contributed by atoms with E-state index >= 15 is 0 Å². The highest BCUT2D eigenvalue weighted by molar-refractivity contribution is 5.92. The molecule has 0 saturated carbocycles. The molecule has 1 atom stereocenters. The molecule has 0 bridgehead atoms. The summed E-state index contributed by atoms with van der Waals surface area (Å²) in [5.74, 6) is 0.383. The van der Waals surface area contributed by atoms with E-state index < -0.39 is 22.9 Å². The number of carbonyl (C=O) groups excluding carboxylic acids is 2. The lowest BCUT2D eigenvalue weighted by atomic mass is 10.2. The molecule has 192 valence electrons. The number of hydrogen-bond acceptors (Lipinski definition) is 9. The van der Waals surface area contributed by atoms with Crippen LogP contribution in [0.2, 0.25) is 0 Å². The summed E-state index contributed by atoms with van der Waals surface area (Å²) in [4.78, 5) is 34.9. The summed E-state index contributed by atoms with van der Waals surface area (Å²) in [6.07, 6.45) is 0.481. The summed E-state index contributed by atoms with van der Waals surface area (Å²) in [6, 6.07) is 16.7. The molecule has 37 heavy (non-hydrogen) atoms. The predicted molar refractivity (Wildman–Crippen MR) is 134 cm³/mol.